The van der Waals surface area contributed by atoms with Crippen molar-refractivity contribution in [3.05, 3.63) is 0 Å². The molecule has 0 rings (SSSR count). The van der Waals surface area contributed by atoms with Gasteiger partial charge in [0.15, 0.2) is 12.2 Å². The molecule has 0 heterocycles. The molecule has 0 bridgehead atoms. The molecule has 0 radical (unpaired) electrons. The molecule has 0 spiro atoms. The highest BCUT2D eigenvalue weighted by Gasteiger charge is 2.30. The third kappa shape index (κ3) is 68.4. The molecule has 0 aromatic carbocycles. The molecule has 0 aromatic heterocycles. The molecule has 0 saturated carbocycles. The number of aliphatic hydroxyl groups is 1. The average molecular weight is 1370 g/mol. The summed E-state index contributed by atoms with van der Waals surface area (Å²) < 4.78 is 68.4. The van der Waals surface area contributed by atoms with E-state index in [4.69, 9.17) is 37.0 Å². The number of carbonyl (C=O) groups is 4. The first kappa shape index (κ1) is 91.1. The summed E-state index contributed by atoms with van der Waals surface area (Å²) in [5.74, 6) is 0.0936. The Hall–Kier alpha value is -1.94. The molecule has 552 valence electrons. The van der Waals surface area contributed by atoms with E-state index in [9.17, 15) is 43.2 Å². The van der Waals surface area contributed by atoms with Crippen molar-refractivity contribution in [2.24, 2.45) is 17.8 Å². The van der Waals surface area contributed by atoms with Gasteiger partial charge >= 0.3 is 39.5 Å². The normalized spacial score (nSPS) is 14.1. The number of rotatable bonds is 72. The zero-order valence-electron chi connectivity index (χ0n) is 60.7. The quantitative estimate of drug-likeness (QED) is 0.0222. The fourth-order valence-electron chi connectivity index (χ4n) is 11.2. The van der Waals surface area contributed by atoms with Crippen LogP contribution in [0.25, 0.3) is 0 Å². The maximum absolute atomic E-state index is 13.1. The van der Waals surface area contributed by atoms with Crippen LogP contribution in [0.3, 0.4) is 0 Å². The molecule has 17 nitrogen and oxygen atoms in total. The van der Waals surface area contributed by atoms with E-state index in [0.717, 1.165) is 108 Å². The summed E-state index contributed by atoms with van der Waals surface area (Å²) in [6, 6.07) is 0. The summed E-state index contributed by atoms with van der Waals surface area (Å²) in [7, 11) is -9.90. The van der Waals surface area contributed by atoms with E-state index >= 15 is 0 Å². The van der Waals surface area contributed by atoms with Crippen molar-refractivity contribution in [2.75, 3.05) is 39.6 Å². The molecule has 0 saturated heterocycles. The number of carbonyl (C=O) groups excluding carboxylic acids is 4. The number of phosphoric acid groups is 2. The second kappa shape index (κ2) is 64.7. The highest BCUT2D eigenvalue weighted by Crippen LogP contribution is 2.45. The predicted octanol–water partition coefficient (Wildman–Crippen LogP) is 21.4. The first-order valence-corrected chi connectivity index (χ1v) is 41.3. The molecule has 0 aliphatic heterocycles. The standard InChI is InChI=1S/C74H144O17P2/c1-8-9-10-11-12-13-14-24-27-33-41-48-55-71(76)84-61-69(90-73(78)57-50-43-34-28-25-22-20-18-16-15-17-19-21-23-26-31-38-45-52-65(2)3)63-88-92(80,81)86-59-68(75)60-87-93(82,83)89-64-70(62-85-72(77)56-49-42-37-36-40-47-54-67(6)7)91-74(79)58-51-44-35-30-29-32-39-46-53-66(4)5/h65-70,75H,8-64H2,1-7H3,(H,80,81)(H,82,83)/t68-,69-,70-/m1/s1. The molecular formula is C74H144O17P2. The lowest BCUT2D eigenvalue weighted by atomic mass is 10.0. The van der Waals surface area contributed by atoms with Crippen LogP contribution in [0.1, 0.15) is 376 Å². The van der Waals surface area contributed by atoms with Crippen molar-refractivity contribution in [1.82, 2.24) is 0 Å². The maximum atomic E-state index is 13.1. The second-order valence-electron chi connectivity index (χ2n) is 28.1. The van der Waals surface area contributed by atoms with Crippen LogP contribution in [0.5, 0.6) is 0 Å². The van der Waals surface area contributed by atoms with Crippen molar-refractivity contribution in [2.45, 2.75) is 394 Å². The van der Waals surface area contributed by atoms with Gasteiger partial charge in [-0.05, 0) is 43.4 Å². The number of hydrogen-bond donors (Lipinski definition) is 3. The molecule has 93 heavy (non-hydrogen) atoms. The van der Waals surface area contributed by atoms with Crippen molar-refractivity contribution >= 4 is 39.5 Å². The van der Waals surface area contributed by atoms with Gasteiger partial charge in [0.2, 0.25) is 0 Å². The van der Waals surface area contributed by atoms with Crippen molar-refractivity contribution in [3.63, 3.8) is 0 Å². The van der Waals surface area contributed by atoms with Gasteiger partial charge in [-0.15, -0.1) is 0 Å². The first-order valence-electron chi connectivity index (χ1n) is 38.3. The molecule has 2 unspecified atom stereocenters. The van der Waals surface area contributed by atoms with Gasteiger partial charge < -0.3 is 33.8 Å². The molecule has 0 amide bonds. The van der Waals surface area contributed by atoms with Crippen LogP contribution in [-0.2, 0) is 65.4 Å². The summed E-state index contributed by atoms with van der Waals surface area (Å²) in [5.41, 5.74) is 0. The number of phosphoric ester groups is 2. The van der Waals surface area contributed by atoms with E-state index in [1.165, 1.54) is 180 Å². The monoisotopic (exact) mass is 1370 g/mol. The Morgan fingerprint density at radius 3 is 0.731 bits per heavy atom. The number of aliphatic hydroxyl groups excluding tert-OH is 1. The average Bonchev–Trinajstić information content (AvgIpc) is 2.23. The van der Waals surface area contributed by atoms with Crippen molar-refractivity contribution < 1.29 is 80.2 Å². The SMILES string of the molecule is CCCCCCCCCCCCCCC(=O)OC[C@H](COP(=O)(O)OC[C@@H](O)COP(=O)(O)OC[C@@H](COC(=O)CCCCCCCCC(C)C)OC(=O)CCCCCCCCCCC(C)C)OC(=O)CCCCCCCCCCCCCCCCCCCCC(C)C. The van der Waals surface area contributed by atoms with Gasteiger partial charge in [-0.1, -0.05) is 325 Å². The van der Waals surface area contributed by atoms with Crippen LogP contribution in [0.2, 0.25) is 0 Å². The second-order valence-corrected chi connectivity index (χ2v) is 31.0. The molecule has 0 aliphatic carbocycles. The number of ether oxygens (including phenoxy) is 4. The highest BCUT2D eigenvalue weighted by atomic mass is 31.2. The summed E-state index contributed by atoms with van der Waals surface area (Å²) in [6.45, 7) is 11.8. The van der Waals surface area contributed by atoms with Gasteiger partial charge in [-0.2, -0.15) is 0 Å². The molecule has 19 heteroatoms. The van der Waals surface area contributed by atoms with Crippen LogP contribution >= 0.6 is 15.6 Å². The smallest absolute Gasteiger partial charge is 0.462 e. The Kier molecular flexibility index (Phi) is 63.4. The van der Waals surface area contributed by atoms with Gasteiger partial charge in [-0.3, -0.25) is 37.3 Å². The van der Waals surface area contributed by atoms with Crippen molar-refractivity contribution in [3.8, 4) is 0 Å². The highest BCUT2D eigenvalue weighted by molar-refractivity contribution is 7.47. The summed E-state index contributed by atoms with van der Waals surface area (Å²) in [6.07, 6.45) is 50.3. The van der Waals surface area contributed by atoms with Crippen LogP contribution in [0, 0.1) is 17.8 Å². The zero-order chi connectivity index (χ0) is 68.7. The lowest BCUT2D eigenvalue weighted by Crippen LogP contribution is -2.30. The summed E-state index contributed by atoms with van der Waals surface area (Å²) in [4.78, 5) is 72.6. The van der Waals surface area contributed by atoms with Crippen LogP contribution < -0.4 is 0 Å². The van der Waals surface area contributed by atoms with Gasteiger partial charge in [0, 0.05) is 25.7 Å². The number of unbranched alkanes of at least 4 members (excludes halogenated alkanes) is 40. The fourth-order valence-corrected chi connectivity index (χ4v) is 12.8. The van der Waals surface area contributed by atoms with E-state index in [2.05, 4.69) is 48.5 Å². The first-order chi connectivity index (χ1) is 44.7. The lowest BCUT2D eigenvalue weighted by molar-refractivity contribution is -0.161. The molecule has 3 N–H and O–H groups in total. The third-order valence-electron chi connectivity index (χ3n) is 17.1. The Morgan fingerprint density at radius 1 is 0.290 bits per heavy atom. The molecule has 0 aromatic rings. The molecule has 5 atom stereocenters. The largest absolute Gasteiger partial charge is 0.472 e. The topological polar surface area (TPSA) is 237 Å². The minimum Gasteiger partial charge on any atom is -0.462 e. The van der Waals surface area contributed by atoms with Gasteiger partial charge in [-0.25, -0.2) is 9.13 Å². The lowest BCUT2D eigenvalue weighted by Gasteiger charge is -2.21. The van der Waals surface area contributed by atoms with Crippen molar-refractivity contribution in [1.29, 1.82) is 0 Å². The third-order valence-corrected chi connectivity index (χ3v) is 19.0. The Labute approximate surface area is 568 Å². The molecular weight excluding hydrogens is 1220 g/mol. The Bertz CT molecular complexity index is 1820. The van der Waals surface area contributed by atoms with Gasteiger partial charge in [0.05, 0.1) is 26.4 Å². The van der Waals surface area contributed by atoms with Crippen LogP contribution in [0.15, 0.2) is 0 Å². The maximum Gasteiger partial charge on any atom is 0.472 e. The molecule has 0 fully saturated rings. The Morgan fingerprint density at radius 2 is 0.495 bits per heavy atom. The van der Waals surface area contributed by atoms with E-state index in [1.807, 2.05) is 0 Å². The molecule has 0 aliphatic rings. The minimum atomic E-state index is -4.95. The van der Waals surface area contributed by atoms with Gasteiger partial charge in [0.25, 0.3) is 0 Å². The number of hydrogen-bond acceptors (Lipinski definition) is 15. The van der Waals surface area contributed by atoms with E-state index < -0.39 is 97.5 Å². The van der Waals surface area contributed by atoms with E-state index in [-0.39, 0.29) is 25.7 Å². The number of esters is 4. The summed E-state index contributed by atoms with van der Waals surface area (Å²) >= 11 is 0. The van der Waals surface area contributed by atoms with Gasteiger partial charge in [0.1, 0.15) is 19.3 Å². The summed E-state index contributed by atoms with van der Waals surface area (Å²) in [5, 5.41) is 10.6. The fraction of sp³-hybridized carbons (Fsp3) is 0.946. The minimum absolute atomic E-state index is 0.103. The van der Waals surface area contributed by atoms with E-state index in [0.29, 0.717) is 31.6 Å². The zero-order valence-corrected chi connectivity index (χ0v) is 62.5. The predicted molar refractivity (Wildman–Crippen MR) is 377 cm³/mol. The van der Waals surface area contributed by atoms with E-state index in [1.54, 1.807) is 0 Å². The van der Waals surface area contributed by atoms with Crippen LogP contribution in [-0.4, -0.2) is 96.7 Å². The Balaban J connectivity index is 5.18. The van der Waals surface area contributed by atoms with Crippen LogP contribution in [0.4, 0.5) is 0 Å².